The summed E-state index contributed by atoms with van der Waals surface area (Å²) in [6, 6.07) is 1.90. The second kappa shape index (κ2) is 2.79. The van der Waals surface area contributed by atoms with Crippen LogP contribution in [0, 0.1) is 11.3 Å². The summed E-state index contributed by atoms with van der Waals surface area (Å²) in [5.74, 6) is -1.99. The minimum absolute atomic E-state index is 0.350. The van der Waals surface area contributed by atoms with Crippen molar-refractivity contribution in [2.24, 2.45) is 5.73 Å². The van der Waals surface area contributed by atoms with E-state index >= 15 is 0 Å². The van der Waals surface area contributed by atoms with E-state index < -0.39 is 17.4 Å². The minimum Gasteiger partial charge on any atom is -0.361 e. The molecular weight excluding hydrogens is 160 g/mol. The molecule has 1 aliphatic rings. The molecule has 12 heavy (non-hydrogen) atoms. The Bertz CT molecular complexity index is 263. The number of hydrogen-bond donors (Lipinski definition) is 3. The van der Waals surface area contributed by atoms with Gasteiger partial charge in [0.2, 0.25) is 0 Å². The van der Waals surface area contributed by atoms with Crippen molar-refractivity contribution in [2.75, 3.05) is 13.1 Å². The van der Waals surface area contributed by atoms with Gasteiger partial charge in [-0.25, -0.2) is 0 Å². The van der Waals surface area contributed by atoms with E-state index in [0.29, 0.717) is 13.1 Å². The largest absolute Gasteiger partial charge is 0.361 e. The summed E-state index contributed by atoms with van der Waals surface area (Å²) in [7, 11) is 0. The molecule has 6 nitrogen and oxygen atoms in total. The van der Waals surface area contributed by atoms with Crippen LogP contribution in [0.15, 0.2) is 0 Å². The number of amides is 2. The van der Waals surface area contributed by atoms with Crippen molar-refractivity contribution in [1.82, 2.24) is 10.6 Å². The first-order valence-corrected chi connectivity index (χ1v) is 3.33. The Kier molecular flexibility index (Phi) is 1.97. The van der Waals surface area contributed by atoms with E-state index in [9.17, 15) is 9.59 Å². The van der Waals surface area contributed by atoms with Crippen LogP contribution in [0.5, 0.6) is 0 Å². The number of nitrogens with zero attached hydrogens (tertiary/aromatic N) is 1. The Hall–Kier alpha value is -1.61. The third-order valence-corrected chi connectivity index (χ3v) is 1.64. The van der Waals surface area contributed by atoms with E-state index in [-0.39, 0.29) is 0 Å². The second-order valence-electron chi connectivity index (χ2n) is 2.62. The molecule has 1 rings (SSSR count). The van der Waals surface area contributed by atoms with E-state index in [1.807, 2.05) is 6.07 Å². The van der Waals surface area contributed by atoms with Gasteiger partial charge in [0.1, 0.15) is 0 Å². The van der Waals surface area contributed by atoms with Gasteiger partial charge in [-0.15, -0.1) is 0 Å². The summed E-state index contributed by atoms with van der Waals surface area (Å²) in [6.45, 7) is 0.699. The van der Waals surface area contributed by atoms with E-state index in [4.69, 9.17) is 11.0 Å². The topological polar surface area (TPSA) is 108 Å². The third-order valence-electron chi connectivity index (χ3n) is 1.64. The van der Waals surface area contributed by atoms with Gasteiger partial charge in [-0.2, -0.15) is 5.26 Å². The van der Waals surface area contributed by atoms with Gasteiger partial charge < -0.3 is 16.4 Å². The molecule has 4 N–H and O–H groups in total. The fourth-order valence-electron chi connectivity index (χ4n) is 0.849. The van der Waals surface area contributed by atoms with Gasteiger partial charge in [0, 0.05) is 13.1 Å². The van der Waals surface area contributed by atoms with Crippen LogP contribution in [0.1, 0.15) is 0 Å². The van der Waals surface area contributed by atoms with Gasteiger partial charge in [-0.1, -0.05) is 0 Å². The number of nitriles is 1. The number of primary amides is 1. The van der Waals surface area contributed by atoms with Gasteiger partial charge in [0.25, 0.3) is 0 Å². The Labute approximate surface area is 68.7 Å². The highest BCUT2D eigenvalue weighted by Gasteiger charge is 2.39. The smallest absolute Gasteiger partial charge is 0.310 e. The van der Waals surface area contributed by atoms with Crippen LogP contribution < -0.4 is 16.4 Å². The Balaban J connectivity index is 2.56. The van der Waals surface area contributed by atoms with Crippen LogP contribution >= 0.6 is 0 Å². The van der Waals surface area contributed by atoms with Crippen LogP contribution in [0.2, 0.25) is 0 Å². The molecule has 0 aromatic rings. The zero-order chi connectivity index (χ0) is 9.19. The fraction of sp³-hybridized carbons (Fsp3) is 0.500. The number of carbonyl (C=O) groups is 2. The van der Waals surface area contributed by atoms with E-state index in [1.165, 1.54) is 0 Å². The van der Waals surface area contributed by atoms with E-state index in [1.54, 1.807) is 0 Å². The molecule has 1 fully saturated rings. The molecule has 2 amide bonds. The fourth-order valence-corrected chi connectivity index (χ4v) is 0.849. The molecule has 1 aliphatic heterocycles. The molecule has 64 valence electrons. The number of nitrogens with two attached hydrogens (primary N) is 1. The summed E-state index contributed by atoms with van der Waals surface area (Å²) in [5.41, 5.74) is 3.76. The molecule has 0 bridgehead atoms. The first-order valence-electron chi connectivity index (χ1n) is 3.33. The number of hydrogen-bond acceptors (Lipinski definition) is 4. The summed E-state index contributed by atoms with van der Waals surface area (Å²) in [5, 5.41) is 13.7. The van der Waals surface area contributed by atoms with Crippen molar-refractivity contribution in [1.29, 1.82) is 5.26 Å². The molecule has 0 aromatic heterocycles. The van der Waals surface area contributed by atoms with Crippen LogP contribution in [-0.4, -0.2) is 30.4 Å². The van der Waals surface area contributed by atoms with Crippen LogP contribution in [0.25, 0.3) is 0 Å². The Morgan fingerprint density at radius 1 is 1.58 bits per heavy atom. The van der Waals surface area contributed by atoms with Gasteiger partial charge in [0.15, 0.2) is 5.54 Å². The predicted octanol–water partition coefficient (Wildman–Crippen LogP) is -2.55. The highest BCUT2D eigenvalue weighted by atomic mass is 16.2. The lowest BCUT2D eigenvalue weighted by Crippen LogP contribution is -2.69. The molecule has 6 heteroatoms. The molecule has 0 saturated carbocycles. The lowest BCUT2D eigenvalue weighted by molar-refractivity contribution is -0.138. The second-order valence-corrected chi connectivity index (χ2v) is 2.62. The molecule has 0 atom stereocenters. The zero-order valence-corrected chi connectivity index (χ0v) is 6.26. The maximum atomic E-state index is 10.7. The van der Waals surface area contributed by atoms with Crippen molar-refractivity contribution in [3.8, 4) is 6.07 Å². The van der Waals surface area contributed by atoms with Crippen LogP contribution in [-0.2, 0) is 9.59 Å². The highest BCUT2D eigenvalue weighted by molar-refractivity contribution is 6.34. The van der Waals surface area contributed by atoms with E-state index in [2.05, 4.69) is 10.6 Å². The predicted molar refractivity (Wildman–Crippen MR) is 38.6 cm³/mol. The molecule has 0 aliphatic carbocycles. The molecule has 0 aromatic carbocycles. The Morgan fingerprint density at radius 3 is 2.42 bits per heavy atom. The number of rotatable bonds is 1. The molecule has 0 unspecified atom stereocenters. The van der Waals surface area contributed by atoms with Crippen molar-refractivity contribution >= 4 is 11.8 Å². The van der Waals surface area contributed by atoms with Gasteiger partial charge >= 0.3 is 11.8 Å². The van der Waals surface area contributed by atoms with Gasteiger partial charge in [-0.05, 0) is 0 Å². The third kappa shape index (κ3) is 1.35. The maximum Gasteiger partial charge on any atom is 0.310 e. The molecule has 0 radical (unpaired) electrons. The molecule has 1 heterocycles. The molecule has 0 spiro atoms. The quantitative estimate of drug-likeness (QED) is 0.374. The summed E-state index contributed by atoms with van der Waals surface area (Å²) >= 11 is 0. The lowest BCUT2D eigenvalue weighted by atomic mass is 9.94. The number of nitrogens with one attached hydrogen (secondary N) is 2. The maximum absolute atomic E-state index is 10.7. The Morgan fingerprint density at radius 2 is 2.17 bits per heavy atom. The van der Waals surface area contributed by atoms with E-state index in [0.717, 1.165) is 0 Å². The van der Waals surface area contributed by atoms with Gasteiger partial charge in [0.05, 0.1) is 6.07 Å². The number of carbonyl (C=O) groups excluding carboxylic acids is 2. The summed E-state index contributed by atoms with van der Waals surface area (Å²) < 4.78 is 0. The molecule has 1 saturated heterocycles. The average molecular weight is 168 g/mol. The SMILES string of the molecule is N#CC1(NC(=O)C(N)=O)CNC1. The van der Waals surface area contributed by atoms with Crippen molar-refractivity contribution in [3.63, 3.8) is 0 Å². The first kappa shape index (κ1) is 8.49. The molecular formula is C6H8N4O2. The van der Waals surface area contributed by atoms with Crippen molar-refractivity contribution in [2.45, 2.75) is 5.54 Å². The van der Waals surface area contributed by atoms with Crippen molar-refractivity contribution < 1.29 is 9.59 Å². The standard InChI is InChI=1S/C6H8N4O2/c7-1-6(2-9-3-6)10-5(12)4(8)11/h9H,2-3H2,(H2,8,11)(H,10,12). The highest BCUT2D eigenvalue weighted by Crippen LogP contribution is 2.08. The monoisotopic (exact) mass is 168 g/mol. The summed E-state index contributed by atoms with van der Waals surface area (Å²) in [4.78, 5) is 21.1. The lowest BCUT2D eigenvalue weighted by Gasteiger charge is -2.36. The minimum atomic E-state index is -1.07. The van der Waals surface area contributed by atoms with Crippen molar-refractivity contribution in [3.05, 3.63) is 0 Å². The normalized spacial score (nSPS) is 18.6. The van der Waals surface area contributed by atoms with Crippen LogP contribution in [0.3, 0.4) is 0 Å². The summed E-state index contributed by atoms with van der Waals surface area (Å²) in [6.07, 6.45) is 0. The average Bonchev–Trinajstić information content (AvgIpc) is 1.96. The van der Waals surface area contributed by atoms with Gasteiger partial charge in [-0.3, -0.25) is 9.59 Å². The van der Waals surface area contributed by atoms with Crippen LogP contribution in [0.4, 0.5) is 0 Å². The zero-order valence-electron chi connectivity index (χ0n) is 6.26. The first-order chi connectivity index (χ1) is 5.59.